The van der Waals surface area contributed by atoms with Gasteiger partial charge in [0.05, 0.1) is 0 Å². The van der Waals surface area contributed by atoms with Gasteiger partial charge in [0.1, 0.15) is 0 Å². The van der Waals surface area contributed by atoms with Gasteiger partial charge in [0, 0.05) is 13.1 Å². The van der Waals surface area contributed by atoms with E-state index in [-0.39, 0.29) is 12.7 Å². The zero-order valence-electron chi connectivity index (χ0n) is 9.47. The van der Waals surface area contributed by atoms with Crippen molar-refractivity contribution in [1.82, 2.24) is 5.32 Å². The molecule has 1 aromatic rings. The summed E-state index contributed by atoms with van der Waals surface area (Å²) >= 11 is 0. The number of rotatable bonds is 3. The minimum absolute atomic E-state index is 0.125. The van der Waals surface area contributed by atoms with Crippen LogP contribution in [0, 0.1) is 0 Å². The molecule has 17 heavy (non-hydrogen) atoms. The Morgan fingerprint density at radius 2 is 2.12 bits per heavy atom. The van der Waals surface area contributed by atoms with Gasteiger partial charge in [-0.05, 0) is 17.7 Å². The minimum Gasteiger partial charge on any atom is -0.454 e. The van der Waals surface area contributed by atoms with E-state index >= 15 is 0 Å². The molecule has 2 rings (SSSR count). The van der Waals surface area contributed by atoms with Crippen molar-refractivity contribution in [2.75, 3.05) is 13.8 Å². The Kier molecular flexibility index (Phi) is 3.45. The lowest BCUT2D eigenvalue weighted by Crippen LogP contribution is -2.13. The number of hydrogen-bond acceptors (Lipinski definition) is 3. The Hall–Kier alpha value is -2.23. The van der Waals surface area contributed by atoms with Crippen molar-refractivity contribution in [3.8, 4) is 11.5 Å². The molecule has 0 unspecified atom stereocenters. The quantitative estimate of drug-likeness (QED) is 0.636. The summed E-state index contributed by atoms with van der Waals surface area (Å²) in [6.07, 6.45) is 6.83. The van der Waals surface area contributed by atoms with Gasteiger partial charge in [-0.2, -0.15) is 0 Å². The van der Waals surface area contributed by atoms with Crippen LogP contribution in [0.4, 0.5) is 0 Å². The van der Waals surface area contributed by atoms with E-state index < -0.39 is 0 Å². The predicted molar refractivity (Wildman–Crippen MR) is 64.8 cm³/mol. The van der Waals surface area contributed by atoms with Crippen molar-refractivity contribution in [2.45, 2.75) is 0 Å². The highest BCUT2D eigenvalue weighted by atomic mass is 16.7. The van der Waals surface area contributed by atoms with E-state index in [4.69, 9.17) is 9.47 Å². The maximum absolute atomic E-state index is 10.9. The standard InChI is InChI=1S/C13H13NO3/c1-14-13(15)5-3-2-4-10-6-7-11-12(8-10)17-9-16-11/h2-8H,9H2,1H3,(H,14,15)/b4-2-,5-3+. The Morgan fingerprint density at radius 1 is 1.29 bits per heavy atom. The van der Waals surface area contributed by atoms with Crippen molar-refractivity contribution < 1.29 is 14.3 Å². The zero-order chi connectivity index (χ0) is 12.1. The van der Waals surface area contributed by atoms with Gasteiger partial charge >= 0.3 is 0 Å². The molecule has 1 aliphatic heterocycles. The number of amides is 1. The second kappa shape index (κ2) is 5.21. The van der Waals surface area contributed by atoms with Gasteiger partial charge in [0.15, 0.2) is 11.5 Å². The second-order valence-corrected chi connectivity index (χ2v) is 3.45. The average Bonchev–Trinajstić information content (AvgIpc) is 2.81. The van der Waals surface area contributed by atoms with Crippen molar-refractivity contribution in [3.05, 3.63) is 42.0 Å². The fourth-order valence-corrected chi connectivity index (χ4v) is 1.41. The second-order valence-electron chi connectivity index (χ2n) is 3.45. The molecule has 1 N–H and O–H groups in total. The number of allylic oxidation sites excluding steroid dienone is 2. The lowest BCUT2D eigenvalue weighted by molar-refractivity contribution is -0.116. The maximum atomic E-state index is 10.9. The first-order chi connectivity index (χ1) is 8.29. The van der Waals surface area contributed by atoms with Crippen LogP contribution in [0.15, 0.2) is 36.4 Å². The molecule has 0 saturated heterocycles. The molecule has 0 saturated carbocycles. The SMILES string of the molecule is CNC(=O)/C=C/C=C\c1ccc2c(c1)OCO2. The van der Waals surface area contributed by atoms with Crippen molar-refractivity contribution >= 4 is 12.0 Å². The molecule has 0 atom stereocenters. The summed E-state index contributed by atoms with van der Waals surface area (Å²) in [5.41, 5.74) is 0.996. The molecule has 4 nitrogen and oxygen atoms in total. The number of benzene rings is 1. The lowest BCUT2D eigenvalue weighted by Gasteiger charge is -1.96. The molecule has 0 aliphatic carbocycles. The number of carbonyl (C=O) groups excluding carboxylic acids is 1. The Balaban J connectivity index is 2.02. The fourth-order valence-electron chi connectivity index (χ4n) is 1.41. The molecule has 1 aromatic carbocycles. The summed E-state index contributed by atoms with van der Waals surface area (Å²) in [6.45, 7) is 0.277. The van der Waals surface area contributed by atoms with Crippen molar-refractivity contribution in [1.29, 1.82) is 0 Å². The largest absolute Gasteiger partial charge is 0.454 e. The summed E-state index contributed by atoms with van der Waals surface area (Å²) in [5, 5.41) is 2.50. The molecule has 0 spiro atoms. The van der Waals surface area contributed by atoms with E-state index in [1.165, 1.54) is 6.08 Å². The van der Waals surface area contributed by atoms with Gasteiger partial charge in [-0.1, -0.05) is 24.3 Å². The molecule has 0 aromatic heterocycles. The molecule has 0 bridgehead atoms. The van der Waals surface area contributed by atoms with Crippen LogP contribution in [0.1, 0.15) is 5.56 Å². The van der Waals surface area contributed by atoms with Crippen LogP contribution in [0.5, 0.6) is 11.5 Å². The van der Waals surface area contributed by atoms with E-state index in [0.717, 1.165) is 17.1 Å². The number of likely N-dealkylation sites (N-methyl/N-ethyl adjacent to an activating group) is 1. The molecular weight excluding hydrogens is 218 g/mol. The van der Waals surface area contributed by atoms with Crippen LogP contribution < -0.4 is 14.8 Å². The highest BCUT2D eigenvalue weighted by Crippen LogP contribution is 2.32. The first-order valence-electron chi connectivity index (χ1n) is 5.26. The summed E-state index contributed by atoms with van der Waals surface area (Å²) in [7, 11) is 1.59. The van der Waals surface area contributed by atoms with Crippen LogP contribution in [0.25, 0.3) is 6.08 Å². The number of hydrogen-bond donors (Lipinski definition) is 1. The van der Waals surface area contributed by atoms with Gasteiger partial charge in [-0.3, -0.25) is 4.79 Å². The fraction of sp³-hybridized carbons (Fsp3) is 0.154. The maximum Gasteiger partial charge on any atom is 0.243 e. The third-order valence-corrected chi connectivity index (χ3v) is 2.29. The molecule has 1 amide bonds. The van der Waals surface area contributed by atoms with Crippen molar-refractivity contribution in [2.24, 2.45) is 0 Å². The van der Waals surface area contributed by atoms with E-state index in [1.807, 2.05) is 24.3 Å². The summed E-state index contributed by atoms with van der Waals surface area (Å²) < 4.78 is 10.5. The monoisotopic (exact) mass is 231 g/mol. The van der Waals surface area contributed by atoms with E-state index in [0.29, 0.717) is 0 Å². The van der Waals surface area contributed by atoms with Gasteiger partial charge in [-0.25, -0.2) is 0 Å². The normalized spacial score (nSPS) is 13.5. The summed E-state index contributed by atoms with van der Waals surface area (Å²) in [4.78, 5) is 10.9. The molecule has 1 aliphatic rings. The van der Waals surface area contributed by atoms with Crippen LogP contribution in [0.3, 0.4) is 0 Å². The molecule has 0 fully saturated rings. The summed E-state index contributed by atoms with van der Waals surface area (Å²) in [5.74, 6) is 1.39. The van der Waals surface area contributed by atoms with Gasteiger partial charge in [-0.15, -0.1) is 0 Å². The van der Waals surface area contributed by atoms with Gasteiger partial charge in [0.2, 0.25) is 12.7 Å². The van der Waals surface area contributed by atoms with Gasteiger partial charge in [0.25, 0.3) is 0 Å². The summed E-state index contributed by atoms with van der Waals surface area (Å²) in [6, 6.07) is 5.69. The smallest absolute Gasteiger partial charge is 0.243 e. The highest BCUT2D eigenvalue weighted by molar-refractivity contribution is 5.87. The molecular formula is C13H13NO3. The van der Waals surface area contributed by atoms with Crippen LogP contribution >= 0.6 is 0 Å². The third-order valence-electron chi connectivity index (χ3n) is 2.29. The van der Waals surface area contributed by atoms with E-state index in [2.05, 4.69) is 5.32 Å². The number of fused-ring (bicyclic) bond motifs is 1. The molecule has 1 heterocycles. The first kappa shape index (κ1) is 11.3. The number of nitrogens with one attached hydrogen (secondary N) is 1. The molecule has 88 valence electrons. The molecule has 4 heteroatoms. The van der Waals surface area contributed by atoms with Crippen LogP contribution in [-0.2, 0) is 4.79 Å². The average molecular weight is 231 g/mol. The highest BCUT2D eigenvalue weighted by Gasteiger charge is 2.11. The molecule has 0 radical (unpaired) electrons. The van der Waals surface area contributed by atoms with Crippen molar-refractivity contribution in [3.63, 3.8) is 0 Å². The Labute approximate surface area is 99.5 Å². The van der Waals surface area contributed by atoms with Crippen LogP contribution in [-0.4, -0.2) is 19.7 Å². The first-order valence-corrected chi connectivity index (χ1v) is 5.26. The number of carbonyl (C=O) groups is 1. The van der Waals surface area contributed by atoms with Gasteiger partial charge < -0.3 is 14.8 Å². The Morgan fingerprint density at radius 3 is 2.94 bits per heavy atom. The third kappa shape index (κ3) is 2.87. The van der Waals surface area contributed by atoms with Crippen LogP contribution in [0.2, 0.25) is 0 Å². The number of ether oxygens (including phenoxy) is 2. The zero-order valence-corrected chi connectivity index (χ0v) is 9.47. The van der Waals surface area contributed by atoms with E-state index in [9.17, 15) is 4.79 Å². The Bertz CT molecular complexity index is 478. The minimum atomic E-state index is -0.125. The van der Waals surface area contributed by atoms with E-state index in [1.54, 1.807) is 19.2 Å². The predicted octanol–water partition coefficient (Wildman–Crippen LogP) is 1.73. The lowest BCUT2D eigenvalue weighted by atomic mass is 10.2. The topological polar surface area (TPSA) is 47.6 Å².